The van der Waals surface area contributed by atoms with E-state index in [1.807, 2.05) is 39.0 Å². The Balaban J connectivity index is 2.52. The molecule has 2 rings (SSSR count). The summed E-state index contributed by atoms with van der Waals surface area (Å²) in [5, 5.41) is 9.00. The molecule has 0 atom stereocenters. The van der Waals surface area contributed by atoms with Crippen molar-refractivity contribution in [1.82, 2.24) is 0 Å². The molecule has 3 heteroatoms. The van der Waals surface area contributed by atoms with Crippen molar-refractivity contribution in [2.45, 2.75) is 20.8 Å². The van der Waals surface area contributed by atoms with Gasteiger partial charge in [-0.2, -0.15) is 5.26 Å². The van der Waals surface area contributed by atoms with Gasteiger partial charge in [0, 0.05) is 0 Å². The largest absolute Gasteiger partial charge is 0.455 e. The molecule has 0 bridgehead atoms. The summed E-state index contributed by atoms with van der Waals surface area (Å²) in [4.78, 5) is 0. The molecule has 0 amide bonds. The van der Waals surface area contributed by atoms with E-state index in [4.69, 9.17) is 10.00 Å². The van der Waals surface area contributed by atoms with E-state index >= 15 is 0 Å². The van der Waals surface area contributed by atoms with Crippen LogP contribution in [0.15, 0.2) is 30.3 Å². The molecule has 19 heavy (non-hydrogen) atoms. The van der Waals surface area contributed by atoms with Crippen LogP contribution in [0.4, 0.5) is 4.39 Å². The first-order chi connectivity index (χ1) is 9.04. The van der Waals surface area contributed by atoms with Crippen molar-refractivity contribution in [1.29, 1.82) is 5.26 Å². The van der Waals surface area contributed by atoms with Crippen LogP contribution < -0.4 is 4.74 Å². The maximum atomic E-state index is 13.5. The zero-order valence-corrected chi connectivity index (χ0v) is 11.1. The molecule has 96 valence electrons. The normalized spacial score (nSPS) is 10.1. The molecule has 0 unspecified atom stereocenters. The third kappa shape index (κ3) is 2.43. The highest BCUT2D eigenvalue weighted by Gasteiger charge is 2.13. The Labute approximate surface area is 112 Å². The lowest BCUT2D eigenvalue weighted by atomic mass is 10.1. The van der Waals surface area contributed by atoms with Gasteiger partial charge >= 0.3 is 0 Å². The number of benzene rings is 2. The Hall–Kier alpha value is -2.34. The molecule has 0 spiro atoms. The highest BCUT2D eigenvalue weighted by molar-refractivity contribution is 5.51. The van der Waals surface area contributed by atoms with Gasteiger partial charge in [0.15, 0.2) is 0 Å². The maximum absolute atomic E-state index is 13.5. The lowest BCUT2D eigenvalue weighted by molar-refractivity contribution is 0.467. The smallest absolute Gasteiger partial charge is 0.148 e. The molecule has 2 aromatic carbocycles. The summed E-state index contributed by atoms with van der Waals surface area (Å²) in [5.74, 6) is 0.365. The molecule has 0 saturated heterocycles. The first-order valence-electron chi connectivity index (χ1n) is 5.98. The first-order valence-corrected chi connectivity index (χ1v) is 5.98. The van der Waals surface area contributed by atoms with Crippen LogP contribution >= 0.6 is 0 Å². The van der Waals surface area contributed by atoms with Crippen molar-refractivity contribution < 1.29 is 9.13 Å². The minimum atomic E-state index is -0.567. The minimum Gasteiger partial charge on any atom is -0.455 e. The van der Waals surface area contributed by atoms with E-state index in [-0.39, 0.29) is 11.3 Å². The van der Waals surface area contributed by atoms with Gasteiger partial charge in [-0.15, -0.1) is 0 Å². The summed E-state index contributed by atoms with van der Waals surface area (Å²) in [5.41, 5.74) is 2.97. The third-order valence-corrected chi connectivity index (χ3v) is 3.17. The number of nitrogens with zero attached hydrogens (tertiary/aromatic N) is 1. The van der Waals surface area contributed by atoms with Crippen LogP contribution in [0.5, 0.6) is 11.5 Å². The van der Waals surface area contributed by atoms with Gasteiger partial charge in [-0.3, -0.25) is 0 Å². The van der Waals surface area contributed by atoms with Gasteiger partial charge in [0.1, 0.15) is 28.9 Å². The van der Waals surface area contributed by atoms with Crippen molar-refractivity contribution in [2.24, 2.45) is 0 Å². The van der Waals surface area contributed by atoms with Gasteiger partial charge < -0.3 is 4.74 Å². The average Bonchev–Trinajstić information content (AvgIpc) is 2.39. The van der Waals surface area contributed by atoms with Gasteiger partial charge in [0.2, 0.25) is 0 Å². The molecule has 0 aliphatic rings. The monoisotopic (exact) mass is 255 g/mol. The molecule has 0 fully saturated rings. The Morgan fingerprint density at radius 3 is 2.42 bits per heavy atom. The lowest BCUT2D eigenvalue weighted by Gasteiger charge is -2.14. The maximum Gasteiger partial charge on any atom is 0.148 e. The number of hydrogen-bond donors (Lipinski definition) is 0. The van der Waals surface area contributed by atoms with Crippen LogP contribution in [0.25, 0.3) is 0 Å². The molecule has 2 aromatic rings. The number of hydrogen-bond acceptors (Lipinski definition) is 2. The van der Waals surface area contributed by atoms with E-state index in [2.05, 4.69) is 0 Å². The molecular formula is C16H14FNO. The van der Waals surface area contributed by atoms with Crippen molar-refractivity contribution in [2.75, 3.05) is 0 Å². The van der Waals surface area contributed by atoms with E-state index in [1.54, 1.807) is 6.07 Å². The third-order valence-electron chi connectivity index (χ3n) is 3.17. The highest BCUT2D eigenvalue weighted by Crippen LogP contribution is 2.32. The molecule has 0 radical (unpaired) electrons. The van der Waals surface area contributed by atoms with Crippen molar-refractivity contribution in [3.05, 3.63) is 58.4 Å². The summed E-state index contributed by atoms with van der Waals surface area (Å²) in [6.45, 7) is 5.86. The Bertz CT molecular complexity index is 671. The fourth-order valence-corrected chi connectivity index (χ4v) is 1.89. The number of ether oxygens (including phenoxy) is 1. The second-order valence-corrected chi connectivity index (χ2v) is 4.48. The number of aryl methyl sites for hydroxylation is 2. The summed E-state index contributed by atoms with van der Waals surface area (Å²) >= 11 is 0. The number of halogens is 1. The van der Waals surface area contributed by atoms with E-state index in [0.29, 0.717) is 5.75 Å². The van der Waals surface area contributed by atoms with Crippen molar-refractivity contribution >= 4 is 0 Å². The van der Waals surface area contributed by atoms with E-state index in [0.717, 1.165) is 16.7 Å². The average molecular weight is 255 g/mol. The van der Waals surface area contributed by atoms with E-state index in [9.17, 15) is 4.39 Å². The molecule has 2 nitrogen and oxygen atoms in total. The zero-order valence-electron chi connectivity index (χ0n) is 11.1. The zero-order chi connectivity index (χ0) is 14.0. The fraction of sp³-hybridized carbons (Fsp3) is 0.188. The van der Waals surface area contributed by atoms with E-state index < -0.39 is 5.82 Å². The van der Waals surface area contributed by atoms with E-state index in [1.165, 1.54) is 12.1 Å². The van der Waals surface area contributed by atoms with Gasteiger partial charge in [0.25, 0.3) is 0 Å². The predicted molar refractivity (Wildman–Crippen MR) is 71.8 cm³/mol. The van der Waals surface area contributed by atoms with Gasteiger partial charge in [-0.05, 0) is 49.6 Å². The van der Waals surface area contributed by atoms with Gasteiger partial charge in [-0.1, -0.05) is 18.2 Å². The van der Waals surface area contributed by atoms with Crippen LogP contribution in [0.3, 0.4) is 0 Å². The standard InChI is InChI=1S/C16H14FNO/c1-10-7-8-11(2)16(12(10)3)19-15-6-4-5-14(17)13(15)9-18/h4-8H,1-3H3. The quantitative estimate of drug-likeness (QED) is 0.796. The minimum absolute atomic E-state index is 0.0668. The molecular weight excluding hydrogens is 241 g/mol. The Morgan fingerprint density at radius 2 is 1.74 bits per heavy atom. The molecule has 0 aliphatic carbocycles. The highest BCUT2D eigenvalue weighted by atomic mass is 19.1. The van der Waals surface area contributed by atoms with Gasteiger partial charge in [0.05, 0.1) is 0 Å². The predicted octanol–water partition coefficient (Wildman–Crippen LogP) is 4.41. The van der Waals surface area contributed by atoms with Crippen molar-refractivity contribution in [3.8, 4) is 17.6 Å². The molecule has 0 N–H and O–H groups in total. The Kier molecular flexibility index (Phi) is 3.52. The summed E-state index contributed by atoms with van der Waals surface area (Å²) < 4.78 is 19.3. The summed E-state index contributed by atoms with van der Waals surface area (Å²) in [7, 11) is 0. The molecule has 0 aliphatic heterocycles. The topological polar surface area (TPSA) is 33.0 Å². The fourth-order valence-electron chi connectivity index (χ4n) is 1.89. The Morgan fingerprint density at radius 1 is 1.05 bits per heavy atom. The van der Waals surface area contributed by atoms with Crippen molar-refractivity contribution in [3.63, 3.8) is 0 Å². The summed E-state index contributed by atoms with van der Waals surface area (Å²) in [6, 6.07) is 10.2. The summed E-state index contributed by atoms with van der Waals surface area (Å²) in [6.07, 6.45) is 0. The van der Waals surface area contributed by atoms with Crippen LogP contribution in [0.1, 0.15) is 22.3 Å². The van der Waals surface area contributed by atoms with Gasteiger partial charge in [-0.25, -0.2) is 4.39 Å². The lowest BCUT2D eigenvalue weighted by Crippen LogP contribution is -1.96. The van der Waals surface area contributed by atoms with Crippen LogP contribution in [-0.4, -0.2) is 0 Å². The second-order valence-electron chi connectivity index (χ2n) is 4.48. The van der Waals surface area contributed by atoms with Crippen LogP contribution in [0, 0.1) is 37.9 Å². The number of nitriles is 1. The second kappa shape index (κ2) is 5.11. The van der Waals surface area contributed by atoms with Crippen LogP contribution in [-0.2, 0) is 0 Å². The van der Waals surface area contributed by atoms with Crippen LogP contribution in [0.2, 0.25) is 0 Å². The number of rotatable bonds is 2. The SMILES string of the molecule is Cc1ccc(C)c(Oc2cccc(F)c2C#N)c1C. The molecule has 0 aromatic heterocycles. The first kappa shape index (κ1) is 13.1. The molecule has 0 heterocycles. The molecule has 0 saturated carbocycles.